The fraction of sp³-hybridized carbons (Fsp3) is 0.235. The van der Waals surface area contributed by atoms with E-state index in [0.29, 0.717) is 12.3 Å². The Morgan fingerprint density at radius 2 is 1.77 bits per heavy atom. The maximum atomic E-state index is 12.9. The molecule has 0 radical (unpaired) electrons. The van der Waals surface area contributed by atoms with Crippen LogP contribution in [0.3, 0.4) is 0 Å². The highest BCUT2D eigenvalue weighted by atomic mass is 32.2. The van der Waals surface area contributed by atoms with Crippen molar-refractivity contribution >= 4 is 17.7 Å². The number of hydrogen-bond donors (Lipinski definition) is 0. The molecule has 0 atom stereocenters. The summed E-state index contributed by atoms with van der Waals surface area (Å²) in [6.07, 6.45) is 0. The lowest BCUT2D eigenvalue weighted by Gasteiger charge is -2.17. The number of hydrogen-bond acceptors (Lipinski definition) is 3. The Labute approximate surface area is 134 Å². The molecule has 2 aromatic carbocycles. The third-order valence-corrected chi connectivity index (χ3v) is 4.18. The molecule has 0 spiro atoms. The number of thioether (sulfide) groups is 1. The first kappa shape index (κ1) is 16.4. The molecule has 0 unspecified atom stereocenters. The zero-order valence-corrected chi connectivity index (χ0v) is 13.4. The molecule has 1 amide bonds. The first-order valence-electron chi connectivity index (χ1n) is 6.84. The Bertz CT molecular complexity index is 614. The molecule has 5 heteroatoms. The van der Waals surface area contributed by atoms with Crippen molar-refractivity contribution in [3.05, 3.63) is 59.9 Å². The van der Waals surface area contributed by atoms with Gasteiger partial charge in [-0.1, -0.05) is 12.1 Å². The van der Waals surface area contributed by atoms with Crippen molar-refractivity contribution in [3.8, 4) is 5.75 Å². The topological polar surface area (TPSA) is 29.5 Å². The number of amides is 1. The molecule has 3 nitrogen and oxygen atoms in total. The number of benzene rings is 2. The predicted octanol–water partition coefficient (Wildman–Crippen LogP) is 3.59. The molecule has 2 rings (SSSR count). The molecule has 0 saturated heterocycles. The van der Waals surface area contributed by atoms with Crippen molar-refractivity contribution in [1.82, 2.24) is 4.90 Å². The largest absolute Gasteiger partial charge is 0.497 e. The number of halogens is 1. The molecule has 0 aliphatic carbocycles. The minimum atomic E-state index is -0.271. The average Bonchev–Trinajstić information content (AvgIpc) is 2.55. The van der Waals surface area contributed by atoms with Gasteiger partial charge in [-0.3, -0.25) is 4.79 Å². The van der Waals surface area contributed by atoms with E-state index >= 15 is 0 Å². The highest BCUT2D eigenvalue weighted by Crippen LogP contribution is 2.21. The van der Waals surface area contributed by atoms with Crippen molar-refractivity contribution in [2.24, 2.45) is 0 Å². The van der Waals surface area contributed by atoms with Gasteiger partial charge in [0.15, 0.2) is 0 Å². The Morgan fingerprint density at radius 3 is 2.36 bits per heavy atom. The van der Waals surface area contributed by atoms with Gasteiger partial charge < -0.3 is 9.64 Å². The second kappa shape index (κ2) is 7.84. The Hall–Kier alpha value is -2.01. The Kier molecular flexibility index (Phi) is 5.83. The number of methoxy groups -OCH3 is 1. The quantitative estimate of drug-likeness (QED) is 0.762. The molecule has 0 N–H and O–H groups in total. The summed E-state index contributed by atoms with van der Waals surface area (Å²) in [7, 11) is 3.37. The predicted molar refractivity (Wildman–Crippen MR) is 86.6 cm³/mol. The van der Waals surface area contributed by atoms with Gasteiger partial charge in [0.05, 0.1) is 12.9 Å². The minimum Gasteiger partial charge on any atom is -0.497 e. The molecule has 116 valence electrons. The number of nitrogens with zero attached hydrogens (tertiary/aromatic N) is 1. The van der Waals surface area contributed by atoms with Gasteiger partial charge in [-0.15, -0.1) is 11.8 Å². The zero-order valence-electron chi connectivity index (χ0n) is 12.6. The molecule has 0 fully saturated rings. The van der Waals surface area contributed by atoms with E-state index in [1.54, 1.807) is 31.2 Å². The van der Waals surface area contributed by atoms with Gasteiger partial charge in [-0.25, -0.2) is 4.39 Å². The zero-order chi connectivity index (χ0) is 15.9. The lowest BCUT2D eigenvalue weighted by atomic mass is 10.2. The van der Waals surface area contributed by atoms with E-state index in [-0.39, 0.29) is 11.7 Å². The summed E-state index contributed by atoms with van der Waals surface area (Å²) in [5.74, 6) is 0.923. The van der Waals surface area contributed by atoms with Crippen LogP contribution in [0.4, 0.5) is 4.39 Å². The van der Waals surface area contributed by atoms with Crippen molar-refractivity contribution < 1.29 is 13.9 Å². The van der Waals surface area contributed by atoms with Crippen molar-refractivity contribution in [2.75, 3.05) is 19.9 Å². The van der Waals surface area contributed by atoms with Crippen molar-refractivity contribution in [2.45, 2.75) is 11.4 Å². The molecular weight excluding hydrogens is 301 g/mol. The maximum absolute atomic E-state index is 12.9. The highest BCUT2D eigenvalue weighted by Gasteiger charge is 2.10. The Balaban J connectivity index is 1.84. The Morgan fingerprint density at radius 1 is 1.14 bits per heavy atom. The lowest BCUT2D eigenvalue weighted by molar-refractivity contribution is -0.127. The smallest absolute Gasteiger partial charge is 0.232 e. The summed E-state index contributed by atoms with van der Waals surface area (Å²) >= 11 is 1.48. The molecule has 0 aliphatic heterocycles. The van der Waals surface area contributed by atoms with Crippen molar-refractivity contribution in [1.29, 1.82) is 0 Å². The number of carbonyl (C=O) groups excluding carboxylic acids is 1. The fourth-order valence-electron chi connectivity index (χ4n) is 1.88. The van der Waals surface area contributed by atoms with Crippen LogP contribution in [-0.4, -0.2) is 30.7 Å². The highest BCUT2D eigenvalue weighted by molar-refractivity contribution is 8.00. The van der Waals surface area contributed by atoms with Crippen LogP contribution in [-0.2, 0) is 11.3 Å². The first-order valence-corrected chi connectivity index (χ1v) is 7.82. The standard InChI is InChI=1S/C17H18FNO2S/c1-19(11-13-3-5-14(18)6-4-13)17(20)12-22-16-9-7-15(21-2)8-10-16/h3-10H,11-12H2,1-2H3. The maximum Gasteiger partial charge on any atom is 0.232 e. The van der Waals surface area contributed by atoms with Crippen LogP contribution in [0.15, 0.2) is 53.4 Å². The summed E-state index contributed by atoms with van der Waals surface area (Å²) in [5, 5.41) is 0. The average molecular weight is 319 g/mol. The van der Waals surface area contributed by atoms with Crippen LogP contribution >= 0.6 is 11.8 Å². The van der Waals surface area contributed by atoms with Crippen LogP contribution in [0.1, 0.15) is 5.56 Å². The second-order valence-electron chi connectivity index (χ2n) is 4.84. The minimum absolute atomic E-state index is 0.0325. The van der Waals surface area contributed by atoms with E-state index in [4.69, 9.17) is 4.74 Å². The van der Waals surface area contributed by atoms with Crippen LogP contribution < -0.4 is 4.74 Å². The third kappa shape index (κ3) is 4.77. The van der Waals surface area contributed by atoms with Gasteiger partial charge in [0.25, 0.3) is 0 Å². The monoisotopic (exact) mass is 319 g/mol. The van der Waals surface area contributed by atoms with Gasteiger partial charge in [0.1, 0.15) is 11.6 Å². The first-order chi connectivity index (χ1) is 10.6. The molecule has 0 heterocycles. The van der Waals surface area contributed by atoms with Gasteiger partial charge >= 0.3 is 0 Å². The second-order valence-corrected chi connectivity index (χ2v) is 5.89. The number of ether oxygens (including phenoxy) is 1. The van der Waals surface area contributed by atoms with Crippen LogP contribution in [0.2, 0.25) is 0 Å². The van der Waals surface area contributed by atoms with E-state index in [9.17, 15) is 9.18 Å². The van der Waals surface area contributed by atoms with E-state index in [1.807, 2.05) is 24.3 Å². The number of rotatable bonds is 6. The molecule has 0 aliphatic rings. The van der Waals surface area contributed by atoms with Crippen LogP contribution in [0, 0.1) is 5.82 Å². The van der Waals surface area contributed by atoms with Crippen LogP contribution in [0.25, 0.3) is 0 Å². The normalized spacial score (nSPS) is 10.3. The van der Waals surface area contributed by atoms with Gasteiger partial charge in [-0.05, 0) is 42.0 Å². The van der Waals surface area contributed by atoms with Gasteiger partial charge in [0, 0.05) is 18.5 Å². The van der Waals surface area contributed by atoms with Crippen LogP contribution in [0.5, 0.6) is 5.75 Å². The van der Waals surface area contributed by atoms with Gasteiger partial charge in [-0.2, -0.15) is 0 Å². The SMILES string of the molecule is COc1ccc(SCC(=O)N(C)Cc2ccc(F)cc2)cc1. The molecule has 22 heavy (non-hydrogen) atoms. The van der Waals surface area contributed by atoms with E-state index in [0.717, 1.165) is 16.2 Å². The van der Waals surface area contributed by atoms with Gasteiger partial charge in [0.2, 0.25) is 5.91 Å². The fourth-order valence-corrected chi connectivity index (χ4v) is 2.72. The molecular formula is C17H18FNO2S. The molecule has 0 bridgehead atoms. The third-order valence-electron chi connectivity index (χ3n) is 3.18. The summed E-state index contributed by atoms with van der Waals surface area (Å²) in [6.45, 7) is 0.474. The lowest BCUT2D eigenvalue weighted by Crippen LogP contribution is -2.27. The number of carbonyl (C=O) groups is 1. The summed E-state index contributed by atoms with van der Waals surface area (Å²) in [6, 6.07) is 13.8. The van der Waals surface area contributed by atoms with Crippen molar-refractivity contribution in [3.63, 3.8) is 0 Å². The summed E-state index contributed by atoms with van der Waals surface area (Å²) in [4.78, 5) is 14.8. The van der Waals surface area contributed by atoms with E-state index < -0.39 is 0 Å². The summed E-state index contributed by atoms with van der Waals surface area (Å²) < 4.78 is 17.9. The van der Waals surface area contributed by atoms with E-state index in [1.165, 1.54) is 23.9 Å². The van der Waals surface area contributed by atoms with E-state index in [2.05, 4.69) is 0 Å². The molecule has 0 aromatic heterocycles. The molecule has 0 saturated carbocycles. The summed E-state index contributed by atoms with van der Waals surface area (Å²) in [5.41, 5.74) is 0.909. The molecule has 2 aromatic rings.